The molecule has 0 radical (unpaired) electrons. The largest absolute Gasteiger partial charge is 0.307 e. The Hall–Kier alpha value is -1.08. The Labute approximate surface area is 157 Å². The SMILES string of the molecule is O=C1NC(=S)SC1=Cc1cccc(CSc2ccccc2Br)c1. The van der Waals surface area contributed by atoms with Crippen LogP contribution in [0.15, 0.2) is 62.8 Å². The third-order valence-electron chi connectivity index (χ3n) is 3.12. The van der Waals surface area contributed by atoms with Gasteiger partial charge in [0, 0.05) is 15.1 Å². The number of hydrogen-bond donors (Lipinski definition) is 1. The highest BCUT2D eigenvalue weighted by atomic mass is 79.9. The normalized spacial score (nSPS) is 16.0. The summed E-state index contributed by atoms with van der Waals surface area (Å²) in [6, 6.07) is 16.4. The fourth-order valence-electron chi connectivity index (χ4n) is 2.07. The summed E-state index contributed by atoms with van der Waals surface area (Å²) in [7, 11) is 0. The molecule has 0 aromatic heterocycles. The molecular weight excluding hydrogens is 410 g/mol. The van der Waals surface area contributed by atoms with Crippen molar-refractivity contribution < 1.29 is 4.79 Å². The summed E-state index contributed by atoms with van der Waals surface area (Å²) >= 11 is 11.7. The zero-order valence-corrected chi connectivity index (χ0v) is 15.9. The predicted molar refractivity (Wildman–Crippen MR) is 106 cm³/mol. The van der Waals surface area contributed by atoms with Crippen molar-refractivity contribution in [2.45, 2.75) is 10.6 Å². The molecule has 0 bridgehead atoms. The van der Waals surface area contributed by atoms with Crippen LogP contribution in [0.25, 0.3) is 6.08 Å². The Bertz CT molecular complexity index is 804. The maximum absolute atomic E-state index is 11.7. The molecule has 1 saturated heterocycles. The Morgan fingerprint density at radius 2 is 2.04 bits per heavy atom. The van der Waals surface area contributed by atoms with E-state index in [1.165, 1.54) is 22.2 Å². The van der Waals surface area contributed by atoms with E-state index in [0.717, 1.165) is 15.8 Å². The standard InChI is InChI=1S/C17H12BrNOS3/c18-13-6-1-2-7-14(13)22-10-12-5-3-4-11(8-12)9-15-16(20)19-17(21)23-15/h1-9H,10H2,(H,19,20,21). The molecule has 1 aliphatic rings. The molecule has 1 amide bonds. The van der Waals surface area contributed by atoms with E-state index in [1.807, 2.05) is 36.4 Å². The number of benzene rings is 2. The van der Waals surface area contributed by atoms with E-state index in [0.29, 0.717) is 9.23 Å². The molecule has 0 saturated carbocycles. The molecule has 3 rings (SSSR count). The molecule has 0 spiro atoms. The van der Waals surface area contributed by atoms with Crippen molar-refractivity contribution in [1.29, 1.82) is 0 Å². The van der Waals surface area contributed by atoms with Crippen LogP contribution in [0.4, 0.5) is 0 Å². The summed E-state index contributed by atoms with van der Waals surface area (Å²) < 4.78 is 1.62. The maximum Gasteiger partial charge on any atom is 0.263 e. The lowest BCUT2D eigenvalue weighted by Crippen LogP contribution is -2.17. The number of thiocarbonyl (C=S) groups is 1. The minimum Gasteiger partial charge on any atom is -0.307 e. The van der Waals surface area contributed by atoms with Crippen LogP contribution < -0.4 is 5.32 Å². The van der Waals surface area contributed by atoms with Gasteiger partial charge in [0.1, 0.15) is 4.32 Å². The molecule has 6 heteroatoms. The summed E-state index contributed by atoms with van der Waals surface area (Å²) in [5, 5.41) is 2.63. The van der Waals surface area contributed by atoms with Crippen LogP contribution in [0.3, 0.4) is 0 Å². The van der Waals surface area contributed by atoms with E-state index in [-0.39, 0.29) is 5.91 Å². The molecule has 2 nitrogen and oxygen atoms in total. The van der Waals surface area contributed by atoms with Crippen molar-refractivity contribution in [2.75, 3.05) is 0 Å². The van der Waals surface area contributed by atoms with Crippen LogP contribution in [0.1, 0.15) is 11.1 Å². The summed E-state index contributed by atoms with van der Waals surface area (Å²) in [5.41, 5.74) is 2.23. The van der Waals surface area contributed by atoms with E-state index in [4.69, 9.17) is 12.2 Å². The molecule has 1 heterocycles. The van der Waals surface area contributed by atoms with Gasteiger partial charge in [0.15, 0.2) is 0 Å². The Morgan fingerprint density at radius 3 is 2.78 bits per heavy atom. The highest BCUT2D eigenvalue weighted by Gasteiger charge is 2.21. The molecule has 2 aromatic rings. The first-order valence-electron chi connectivity index (χ1n) is 6.83. The van der Waals surface area contributed by atoms with Crippen molar-refractivity contribution in [1.82, 2.24) is 5.32 Å². The number of carbonyl (C=O) groups excluding carboxylic acids is 1. The third kappa shape index (κ3) is 4.47. The Kier molecular flexibility index (Phi) is 5.58. The van der Waals surface area contributed by atoms with Gasteiger partial charge in [-0.2, -0.15) is 0 Å². The number of halogens is 1. The van der Waals surface area contributed by atoms with Crippen molar-refractivity contribution >= 4 is 68.0 Å². The van der Waals surface area contributed by atoms with Crippen LogP contribution in [0.5, 0.6) is 0 Å². The monoisotopic (exact) mass is 421 g/mol. The molecule has 1 N–H and O–H groups in total. The number of rotatable bonds is 4. The van der Waals surface area contributed by atoms with Crippen LogP contribution in [0.2, 0.25) is 0 Å². The first-order valence-corrected chi connectivity index (χ1v) is 9.83. The van der Waals surface area contributed by atoms with Gasteiger partial charge in [-0.25, -0.2) is 0 Å². The van der Waals surface area contributed by atoms with Gasteiger partial charge in [-0.1, -0.05) is 60.4 Å². The summed E-state index contributed by atoms with van der Waals surface area (Å²) in [4.78, 5) is 13.6. The lowest BCUT2D eigenvalue weighted by atomic mass is 10.1. The number of carbonyl (C=O) groups is 1. The first kappa shape index (κ1) is 16.8. The molecule has 23 heavy (non-hydrogen) atoms. The van der Waals surface area contributed by atoms with Gasteiger partial charge in [0.25, 0.3) is 5.91 Å². The molecule has 0 unspecified atom stereocenters. The smallest absolute Gasteiger partial charge is 0.263 e. The predicted octanol–water partition coefficient (Wildman–Crippen LogP) is 5.23. The van der Waals surface area contributed by atoms with Gasteiger partial charge in [-0.05, 0) is 45.3 Å². The van der Waals surface area contributed by atoms with Crippen LogP contribution in [-0.4, -0.2) is 10.2 Å². The molecular formula is C17H12BrNOS3. The van der Waals surface area contributed by atoms with Crippen LogP contribution in [-0.2, 0) is 10.5 Å². The van der Waals surface area contributed by atoms with E-state index < -0.39 is 0 Å². The minimum atomic E-state index is -0.118. The van der Waals surface area contributed by atoms with E-state index >= 15 is 0 Å². The molecule has 1 fully saturated rings. The van der Waals surface area contributed by atoms with Crippen LogP contribution in [0, 0.1) is 0 Å². The minimum absolute atomic E-state index is 0.118. The second kappa shape index (κ2) is 7.66. The first-order chi connectivity index (χ1) is 11.1. The number of amides is 1. The zero-order valence-electron chi connectivity index (χ0n) is 11.9. The second-order valence-electron chi connectivity index (χ2n) is 4.82. The lowest BCUT2D eigenvalue weighted by Gasteiger charge is -2.05. The van der Waals surface area contributed by atoms with Gasteiger partial charge in [-0.3, -0.25) is 4.79 Å². The average Bonchev–Trinajstić information content (AvgIpc) is 2.84. The number of thioether (sulfide) groups is 2. The topological polar surface area (TPSA) is 29.1 Å². The maximum atomic E-state index is 11.7. The molecule has 2 aromatic carbocycles. The quantitative estimate of drug-likeness (QED) is 0.415. The molecule has 0 aliphatic carbocycles. The van der Waals surface area contributed by atoms with Gasteiger partial charge < -0.3 is 5.32 Å². The van der Waals surface area contributed by atoms with Crippen LogP contribution >= 0.6 is 51.7 Å². The summed E-state index contributed by atoms with van der Waals surface area (Å²) in [5.74, 6) is 0.755. The van der Waals surface area contributed by atoms with Crippen molar-refractivity contribution in [3.63, 3.8) is 0 Å². The van der Waals surface area contributed by atoms with Gasteiger partial charge in [-0.15, -0.1) is 11.8 Å². The van der Waals surface area contributed by atoms with Crippen molar-refractivity contribution in [3.05, 3.63) is 69.0 Å². The molecule has 116 valence electrons. The highest BCUT2D eigenvalue weighted by Crippen LogP contribution is 2.30. The van der Waals surface area contributed by atoms with E-state index in [1.54, 1.807) is 11.8 Å². The van der Waals surface area contributed by atoms with Gasteiger partial charge in [0.05, 0.1) is 4.91 Å². The zero-order chi connectivity index (χ0) is 16.2. The van der Waals surface area contributed by atoms with Crippen molar-refractivity contribution in [3.8, 4) is 0 Å². The number of nitrogens with one attached hydrogen (secondary N) is 1. The van der Waals surface area contributed by atoms with E-state index in [2.05, 4.69) is 39.4 Å². The molecule has 1 aliphatic heterocycles. The van der Waals surface area contributed by atoms with Crippen molar-refractivity contribution in [2.24, 2.45) is 0 Å². The van der Waals surface area contributed by atoms with Gasteiger partial charge in [0.2, 0.25) is 0 Å². The summed E-state index contributed by atoms with van der Waals surface area (Å²) in [6.45, 7) is 0. The third-order valence-corrected chi connectivity index (χ3v) is 6.38. The fourth-order valence-corrected chi connectivity index (χ4v) is 4.62. The highest BCUT2D eigenvalue weighted by molar-refractivity contribution is 9.10. The summed E-state index contributed by atoms with van der Waals surface area (Å²) in [6.07, 6.45) is 1.88. The number of hydrogen-bond acceptors (Lipinski definition) is 4. The Balaban J connectivity index is 1.73. The fraction of sp³-hybridized carbons (Fsp3) is 0.0588. The van der Waals surface area contributed by atoms with Gasteiger partial charge >= 0.3 is 0 Å². The lowest BCUT2D eigenvalue weighted by molar-refractivity contribution is -0.115. The molecule has 0 atom stereocenters. The second-order valence-corrected chi connectivity index (χ2v) is 8.41. The van der Waals surface area contributed by atoms with E-state index in [9.17, 15) is 4.79 Å². The average molecular weight is 422 g/mol. The Morgan fingerprint density at radius 1 is 1.22 bits per heavy atom.